The van der Waals surface area contributed by atoms with Crippen molar-refractivity contribution in [3.8, 4) is 0 Å². The molecule has 0 spiro atoms. The van der Waals surface area contributed by atoms with E-state index in [2.05, 4.69) is 0 Å². The van der Waals surface area contributed by atoms with Gasteiger partial charge in [0.15, 0.2) is 0 Å². The number of aryl methyl sites for hydroxylation is 1. The van der Waals surface area contributed by atoms with Crippen molar-refractivity contribution in [2.75, 3.05) is 6.54 Å². The number of nitrogens with zero attached hydrogens (tertiary/aromatic N) is 1. The van der Waals surface area contributed by atoms with Crippen molar-refractivity contribution in [2.45, 2.75) is 52.0 Å². The van der Waals surface area contributed by atoms with E-state index in [9.17, 15) is 9.59 Å². The van der Waals surface area contributed by atoms with Gasteiger partial charge in [0.1, 0.15) is 0 Å². The van der Waals surface area contributed by atoms with Crippen LogP contribution in [0.1, 0.15) is 54.9 Å². The summed E-state index contributed by atoms with van der Waals surface area (Å²) in [6, 6.07) is 7.47. The first kappa shape index (κ1) is 14.8. The zero-order valence-electron chi connectivity index (χ0n) is 12.4. The van der Waals surface area contributed by atoms with Crippen LogP contribution in [0.3, 0.4) is 0 Å². The summed E-state index contributed by atoms with van der Waals surface area (Å²) < 4.78 is 0. The topological polar surface area (TPSA) is 37.4 Å². The Hall–Kier alpha value is -1.64. The molecule has 0 aliphatic heterocycles. The number of rotatable bonds is 4. The van der Waals surface area contributed by atoms with Crippen molar-refractivity contribution in [3.05, 3.63) is 35.4 Å². The van der Waals surface area contributed by atoms with Crippen molar-refractivity contribution in [1.29, 1.82) is 0 Å². The molecule has 3 heteroatoms. The van der Waals surface area contributed by atoms with Crippen molar-refractivity contribution in [1.82, 2.24) is 4.90 Å². The molecule has 0 bridgehead atoms. The van der Waals surface area contributed by atoms with E-state index in [-0.39, 0.29) is 17.7 Å². The van der Waals surface area contributed by atoms with Gasteiger partial charge in [0.05, 0.1) is 0 Å². The Labute approximate surface area is 121 Å². The quantitative estimate of drug-likeness (QED) is 0.623. The summed E-state index contributed by atoms with van der Waals surface area (Å²) in [5.41, 5.74) is 1.59. The van der Waals surface area contributed by atoms with Crippen LogP contribution in [0.2, 0.25) is 0 Å². The van der Waals surface area contributed by atoms with E-state index in [4.69, 9.17) is 0 Å². The second kappa shape index (κ2) is 6.69. The number of benzene rings is 1. The third-order valence-electron chi connectivity index (χ3n) is 4.13. The Kier molecular flexibility index (Phi) is 4.94. The summed E-state index contributed by atoms with van der Waals surface area (Å²) in [6.45, 7) is 4.53. The number of hydrogen-bond acceptors (Lipinski definition) is 2. The van der Waals surface area contributed by atoms with E-state index >= 15 is 0 Å². The van der Waals surface area contributed by atoms with E-state index in [0.717, 1.165) is 31.2 Å². The van der Waals surface area contributed by atoms with Crippen LogP contribution in [0.25, 0.3) is 0 Å². The lowest BCUT2D eigenvalue weighted by Crippen LogP contribution is -2.44. The average molecular weight is 273 g/mol. The van der Waals surface area contributed by atoms with Gasteiger partial charge in [-0.2, -0.15) is 0 Å². The number of ketones is 1. The van der Waals surface area contributed by atoms with Crippen LogP contribution >= 0.6 is 0 Å². The first-order chi connectivity index (χ1) is 9.63. The van der Waals surface area contributed by atoms with Crippen LogP contribution in [0.15, 0.2) is 24.3 Å². The summed E-state index contributed by atoms with van der Waals surface area (Å²) in [5.74, 6) is -0.722. The molecule has 1 saturated carbocycles. The molecular weight excluding hydrogens is 250 g/mol. The fourth-order valence-corrected chi connectivity index (χ4v) is 2.92. The van der Waals surface area contributed by atoms with E-state index < -0.39 is 0 Å². The molecule has 0 N–H and O–H groups in total. The molecule has 2 rings (SSSR count). The van der Waals surface area contributed by atoms with Gasteiger partial charge in [-0.3, -0.25) is 9.59 Å². The molecule has 3 nitrogen and oxygen atoms in total. The van der Waals surface area contributed by atoms with E-state index in [1.165, 1.54) is 6.42 Å². The molecule has 1 amide bonds. The maximum atomic E-state index is 12.4. The second-order valence-electron chi connectivity index (χ2n) is 5.58. The summed E-state index contributed by atoms with van der Waals surface area (Å²) in [7, 11) is 0. The molecule has 1 aliphatic carbocycles. The highest BCUT2D eigenvalue weighted by Gasteiger charge is 2.28. The van der Waals surface area contributed by atoms with Gasteiger partial charge in [-0.25, -0.2) is 0 Å². The van der Waals surface area contributed by atoms with Crippen molar-refractivity contribution >= 4 is 11.7 Å². The van der Waals surface area contributed by atoms with Gasteiger partial charge in [0.25, 0.3) is 5.91 Å². The predicted octanol–water partition coefficient (Wildman–Crippen LogP) is 3.36. The minimum Gasteiger partial charge on any atom is -0.333 e. The fourth-order valence-electron chi connectivity index (χ4n) is 2.92. The molecule has 0 radical (unpaired) electrons. The van der Waals surface area contributed by atoms with Crippen molar-refractivity contribution in [3.63, 3.8) is 0 Å². The second-order valence-corrected chi connectivity index (χ2v) is 5.58. The van der Waals surface area contributed by atoms with Crippen LogP contribution in [0, 0.1) is 6.92 Å². The van der Waals surface area contributed by atoms with E-state index in [1.807, 2.05) is 26.0 Å². The van der Waals surface area contributed by atoms with Crippen LogP contribution in [0.5, 0.6) is 0 Å². The number of carbonyl (C=O) groups excluding carboxylic acids is 2. The number of carbonyl (C=O) groups is 2. The SMILES string of the molecule is CCN(C(=O)C(=O)c1ccc(C)cc1)C1CCCCC1. The monoisotopic (exact) mass is 273 g/mol. The molecule has 1 aromatic rings. The lowest BCUT2D eigenvalue weighted by Gasteiger charge is -2.33. The van der Waals surface area contributed by atoms with E-state index in [1.54, 1.807) is 17.0 Å². The summed E-state index contributed by atoms with van der Waals surface area (Å²) in [4.78, 5) is 26.5. The predicted molar refractivity (Wildman–Crippen MR) is 79.8 cm³/mol. The van der Waals surface area contributed by atoms with E-state index in [0.29, 0.717) is 12.1 Å². The fraction of sp³-hybridized carbons (Fsp3) is 0.529. The summed E-state index contributed by atoms with van der Waals surface area (Å²) >= 11 is 0. The molecule has 0 heterocycles. The smallest absolute Gasteiger partial charge is 0.295 e. The molecule has 0 atom stereocenters. The van der Waals surface area contributed by atoms with Crippen LogP contribution in [-0.2, 0) is 4.79 Å². The highest BCUT2D eigenvalue weighted by molar-refractivity contribution is 6.42. The number of hydrogen-bond donors (Lipinski definition) is 0. The largest absolute Gasteiger partial charge is 0.333 e. The maximum absolute atomic E-state index is 12.4. The lowest BCUT2D eigenvalue weighted by molar-refractivity contribution is -0.129. The summed E-state index contributed by atoms with van der Waals surface area (Å²) in [5, 5.41) is 0. The third kappa shape index (κ3) is 3.27. The first-order valence-corrected chi connectivity index (χ1v) is 7.55. The highest BCUT2D eigenvalue weighted by Crippen LogP contribution is 2.23. The molecule has 0 unspecified atom stereocenters. The zero-order chi connectivity index (χ0) is 14.5. The Balaban J connectivity index is 2.11. The van der Waals surface area contributed by atoms with Gasteiger partial charge in [0, 0.05) is 18.2 Å². The Bertz CT molecular complexity index is 472. The lowest BCUT2D eigenvalue weighted by atomic mass is 9.93. The van der Waals surface area contributed by atoms with Crippen LogP contribution in [0.4, 0.5) is 0 Å². The van der Waals surface area contributed by atoms with Gasteiger partial charge >= 0.3 is 0 Å². The normalized spacial score (nSPS) is 15.9. The molecule has 108 valence electrons. The zero-order valence-corrected chi connectivity index (χ0v) is 12.4. The van der Waals surface area contributed by atoms with Gasteiger partial charge in [-0.1, -0.05) is 49.1 Å². The summed E-state index contributed by atoms with van der Waals surface area (Å²) in [6.07, 6.45) is 5.62. The van der Waals surface area contributed by atoms with Gasteiger partial charge in [-0.15, -0.1) is 0 Å². The Morgan fingerprint density at radius 1 is 1.10 bits per heavy atom. The average Bonchev–Trinajstić information content (AvgIpc) is 2.49. The van der Waals surface area contributed by atoms with Crippen molar-refractivity contribution < 1.29 is 9.59 Å². The minimum atomic E-state index is -0.377. The van der Waals surface area contributed by atoms with Gasteiger partial charge in [0.2, 0.25) is 5.78 Å². The number of likely N-dealkylation sites (N-methyl/N-ethyl adjacent to an activating group) is 1. The van der Waals surface area contributed by atoms with Crippen LogP contribution in [-0.4, -0.2) is 29.2 Å². The standard InChI is InChI=1S/C17H23NO2/c1-3-18(15-7-5-4-6-8-15)17(20)16(19)14-11-9-13(2)10-12-14/h9-12,15H,3-8H2,1-2H3. The highest BCUT2D eigenvalue weighted by atomic mass is 16.2. The molecule has 0 saturated heterocycles. The molecular formula is C17H23NO2. The molecule has 1 aromatic carbocycles. The third-order valence-corrected chi connectivity index (χ3v) is 4.13. The van der Waals surface area contributed by atoms with Crippen LogP contribution < -0.4 is 0 Å². The minimum absolute atomic E-state index is 0.246. The maximum Gasteiger partial charge on any atom is 0.295 e. The first-order valence-electron chi connectivity index (χ1n) is 7.55. The number of Topliss-reactive ketones (excluding diaryl/α,β-unsaturated/α-hetero) is 1. The Morgan fingerprint density at radius 2 is 1.70 bits per heavy atom. The van der Waals surface area contributed by atoms with Gasteiger partial charge < -0.3 is 4.90 Å². The number of amides is 1. The molecule has 1 aliphatic rings. The van der Waals surface area contributed by atoms with Gasteiger partial charge in [-0.05, 0) is 26.7 Å². The van der Waals surface area contributed by atoms with Crippen molar-refractivity contribution in [2.24, 2.45) is 0 Å². The molecule has 1 fully saturated rings. The Morgan fingerprint density at radius 3 is 2.25 bits per heavy atom. The molecule has 0 aromatic heterocycles. The molecule has 20 heavy (non-hydrogen) atoms.